The lowest BCUT2D eigenvalue weighted by atomic mass is 10.4. The van der Waals surface area contributed by atoms with Gasteiger partial charge < -0.3 is 5.32 Å². The first kappa shape index (κ1) is 13.1. The summed E-state index contributed by atoms with van der Waals surface area (Å²) in [4.78, 5) is 0. The van der Waals surface area contributed by atoms with Crippen LogP contribution in [0.5, 0.6) is 0 Å². The molecule has 0 fully saturated rings. The van der Waals surface area contributed by atoms with Gasteiger partial charge >= 0.3 is 0 Å². The summed E-state index contributed by atoms with van der Waals surface area (Å²) in [5, 5.41) is 11.0. The predicted molar refractivity (Wildman–Crippen MR) is 61.7 cm³/mol. The second-order valence-corrected chi connectivity index (χ2v) is 6.04. The average Bonchev–Trinajstić information content (AvgIpc) is 2.62. The zero-order valence-corrected chi connectivity index (χ0v) is 10.5. The Kier molecular flexibility index (Phi) is 4.88. The number of sulfone groups is 1. The summed E-state index contributed by atoms with van der Waals surface area (Å²) < 4.78 is 23.5. The monoisotopic (exact) mass is 246 g/mol. The third-order valence-electron chi connectivity index (χ3n) is 2.01. The van der Waals surface area contributed by atoms with Crippen LogP contribution in [0, 0.1) is 0 Å². The Balaban J connectivity index is 2.39. The van der Waals surface area contributed by atoms with Crippen molar-refractivity contribution in [2.75, 3.05) is 18.6 Å². The minimum Gasteiger partial charge on any atom is -0.311 e. The van der Waals surface area contributed by atoms with Gasteiger partial charge in [0.05, 0.1) is 18.0 Å². The predicted octanol–water partition coefficient (Wildman–Crippen LogP) is -0.178. The van der Waals surface area contributed by atoms with E-state index in [1.807, 2.05) is 0 Å². The molecule has 0 aromatic carbocycles. The molecule has 1 aromatic heterocycles. The Morgan fingerprint density at radius 1 is 1.50 bits per heavy atom. The molecule has 0 saturated carbocycles. The van der Waals surface area contributed by atoms with E-state index in [9.17, 15) is 8.42 Å². The lowest BCUT2D eigenvalue weighted by Gasteiger charge is -1.98. The molecule has 92 valence electrons. The van der Waals surface area contributed by atoms with E-state index in [0.717, 1.165) is 18.7 Å². The molecule has 0 unspecified atom stereocenters. The third kappa shape index (κ3) is 5.22. The molecule has 0 spiro atoms. The van der Waals surface area contributed by atoms with E-state index in [1.54, 1.807) is 10.9 Å². The molecule has 6 nitrogen and oxygen atoms in total. The quantitative estimate of drug-likeness (QED) is 0.675. The molecule has 7 heteroatoms. The fourth-order valence-corrected chi connectivity index (χ4v) is 1.70. The van der Waals surface area contributed by atoms with Gasteiger partial charge in [-0.05, 0) is 13.0 Å². The Hall–Kier alpha value is -0.950. The standard InChI is InChI=1S/C9H18N4O2S/c1-3-4-10-7-9-8-13(12-11-9)5-6-16(2,14)15/h8,10H,3-7H2,1-2H3. The number of aryl methyl sites for hydroxylation is 1. The van der Waals surface area contributed by atoms with Crippen LogP contribution in [0.4, 0.5) is 0 Å². The van der Waals surface area contributed by atoms with Gasteiger partial charge in [-0.2, -0.15) is 0 Å². The maximum Gasteiger partial charge on any atom is 0.149 e. The van der Waals surface area contributed by atoms with Crippen molar-refractivity contribution in [2.24, 2.45) is 0 Å². The molecular formula is C9H18N4O2S. The van der Waals surface area contributed by atoms with E-state index in [-0.39, 0.29) is 5.75 Å². The second-order valence-electron chi connectivity index (χ2n) is 3.78. The first-order valence-corrected chi connectivity index (χ1v) is 7.35. The number of nitrogens with one attached hydrogen (secondary N) is 1. The fraction of sp³-hybridized carbons (Fsp3) is 0.778. The number of nitrogens with zero attached hydrogens (tertiary/aromatic N) is 3. The molecule has 1 aromatic rings. The summed E-state index contributed by atoms with van der Waals surface area (Å²) in [7, 11) is -2.94. The Morgan fingerprint density at radius 2 is 2.25 bits per heavy atom. The van der Waals surface area contributed by atoms with Gasteiger partial charge in [0.2, 0.25) is 0 Å². The maximum atomic E-state index is 10.9. The first-order valence-electron chi connectivity index (χ1n) is 5.28. The number of hydrogen-bond acceptors (Lipinski definition) is 5. The smallest absolute Gasteiger partial charge is 0.149 e. The zero-order chi connectivity index (χ0) is 12.0. The van der Waals surface area contributed by atoms with E-state index in [4.69, 9.17) is 0 Å². The minimum atomic E-state index is -2.94. The van der Waals surface area contributed by atoms with Gasteiger partial charge in [0.1, 0.15) is 9.84 Å². The van der Waals surface area contributed by atoms with E-state index < -0.39 is 9.84 Å². The van der Waals surface area contributed by atoms with Crippen molar-refractivity contribution in [2.45, 2.75) is 26.4 Å². The highest BCUT2D eigenvalue weighted by Crippen LogP contribution is 1.94. The topological polar surface area (TPSA) is 76.9 Å². The van der Waals surface area contributed by atoms with Gasteiger partial charge in [-0.25, -0.2) is 8.42 Å². The number of hydrogen-bond donors (Lipinski definition) is 1. The van der Waals surface area contributed by atoms with Crippen LogP contribution in [-0.2, 0) is 22.9 Å². The first-order chi connectivity index (χ1) is 7.51. The second kappa shape index (κ2) is 5.95. The molecule has 0 aliphatic carbocycles. The molecule has 0 saturated heterocycles. The molecule has 1 heterocycles. The zero-order valence-electron chi connectivity index (χ0n) is 9.68. The molecular weight excluding hydrogens is 228 g/mol. The molecule has 0 aliphatic rings. The van der Waals surface area contributed by atoms with Crippen molar-refractivity contribution in [3.63, 3.8) is 0 Å². The van der Waals surface area contributed by atoms with E-state index in [0.29, 0.717) is 13.1 Å². The van der Waals surface area contributed by atoms with Gasteiger partial charge in [0.15, 0.2) is 0 Å². The molecule has 0 radical (unpaired) electrons. The highest BCUT2D eigenvalue weighted by Gasteiger charge is 2.04. The van der Waals surface area contributed by atoms with Crippen molar-refractivity contribution >= 4 is 9.84 Å². The van der Waals surface area contributed by atoms with Gasteiger partial charge in [-0.3, -0.25) is 4.68 Å². The van der Waals surface area contributed by atoms with Crippen LogP contribution in [0.3, 0.4) is 0 Å². The molecule has 0 amide bonds. The van der Waals surface area contributed by atoms with Gasteiger partial charge in [-0.15, -0.1) is 5.10 Å². The lowest BCUT2D eigenvalue weighted by Crippen LogP contribution is -2.14. The number of rotatable bonds is 7. The van der Waals surface area contributed by atoms with E-state index >= 15 is 0 Å². The Labute approximate surface area is 96.0 Å². The Morgan fingerprint density at radius 3 is 2.88 bits per heavy atom. The SMILES string of the molecule is CCCNCc1cn(CCS(C)(=O)=O)nn1. The van der Waals surface area contributed by atoms with E-state index in [2.05, 4.69) is 22.6 Å². The van der Waals surface area contributed by atoms with Crippen molar-refractivity contribution in [1.29, 1.82) is 0 Å². The number of aromatic nitrogens is 3. The summed E-state index contributed by atoms with van der Waals surface area (Å²) >= 11 is 0. The van der Waals surface area contributed by atoms with Crippen molar-refractivity contribution in [3.05, 3.63) is 11.9 Å². The maximum absolute atomic E-state index is 10.9. The van der Waals surface area contributed by atoms with Crippen LogP contribution < -0.4 is 5.32 Å². The molecule has 0 bridgehead atoms. The molecule has 0 aliphatic heterocycles. The summed E-state index contributed by atoms with van der Waals surface area (Å²) in [6.45, 7) is 4.07. The third-order valence-corrected chi connectivity index (χ3v) is 2.93. The fourth-order valence-electron chi connectivity index (χ4n) is 1.18. The highest BCUT2D eigenvalue weighted by molar-refractivity contribution is 7.90. The largest absolute Gasteiger partial charge is 0.311 e. The molecule has 1 N–H and O–H groups in total. The summed E-state index contributed by atoms with van der Waals surface area (Å²) in [6, 6.07) is 0. The van der Waals surface area contributed by atoms with Crippen molar-refractivity contribution < 1.29 is 8.42 Å². The van der Waals surface area contributed by atoms with Crippen LogP contribution in [0.2, 0.25) is 0 Å². The van der Waals surface area contributed by atoms with Crippen molar-refractivity contribution in [1.82, 2.24) is 20.3 Å². The van der Waals surface area contributed by atoms with Gasteiger partial charge in [0, 0.05) is 19.0 Å². The summed E-state index contributed by atoms with van der Waals surface area (Å²) in [5.74, 6) is 0.0954. The van der Waals surface area contributed by atoms with Crippen LogP contribution in [0.1, 0.15) is 19.0 Å². The van der Waals surface area contributed by atoms with Crippen LogP contribution >= 0.6 is 0 Å². The molecule has 0 atom stereocenters. The summed E-state index contributed by atoms with van der Waals surface area (Å²) in [5.41, 5.74) is 0.835. The average molecular weight is 246 g/mol. The highest BCUT2D eigenvalue weighted by atomic mass is 32.2. The minimum absolute atomic E-state index is 0.0954. The lowest BCUT2D eigenvalue weighted by molar-refractivity contribution is 0.579. The van der Waals surface area contributed by atoms with Crippen LogP contribution in [-0.4, -0.2) is 42.0 Å². The van der Waals surface area contributed by atoms with E-state index in [1.165, 1.54) is 6.26 Å². The van der Waals surface area contributed by atoms with Crippen LogP contribution in [0.15, 0.2) is 6.20 Å². The van der Waals surface area contributed by atoms with Gasteiger partial charge in [0.25, 0.3) is 0 Å². The van der Waals surface area contributed by atoms with Crippen molar-refractivity contribution in [3.8, 4) is 0 Å². The summed E-state index contributed by atoms with van der Waals surface area (Å²) in [6.07, 6.45) is 4.06. The normalized spacial score (nSPS) is 11.9. The van der Waals surface area contributed by atoms with Crippen LogP contribution in [0.25, 0.3) is 0 Å². The van der Waals surface area contributed by atoms with Gasteiger partial charge in [-0.1, -0.05) is 12.1 Å². The Bertz CT molecular complexity index is 413. The molecule has 1 rings (SSSR count). The molecule has 16 heavy (non-hydrogen) atoms.